The molecule has 0 unspecified atom stereocenters. The average Bonchev–Trinajstić information content (AvgIpc) is 2.84. The van der Waals surface area contributed by atoms with Crippen molar-refractivity contribution in [3.63, 3.8) is 0 Å². The molecule has 1 heterocycles. The van der Waals surface area contributed by atoms with Crippen molar-refractivity contribution in [2.75, 3.05) is 12.3 Å². The van der Waals surface area contributed by atoms with Crippen LogP contribution in [0, 0.1) is 0 Å². The topological polar surface area (TPSA) is 64.3 Å². The number of carbonyl (C=O) groups excluding carboxylic acids is 1. The minimum atomic E-state index is -0.177. The number of anilines is 1. The summed E-state index contributed by atoms with van der Waals surface area (Å²) in [5.74, 6) is 0.415. The summed E-state index contributed by atoms with van der Waals surface area (Å²) in [5, 5.41) is 2.82. The van der Waals surface area contributed by atoms with Gasteiger partial charge < -0.3 is 15.8 Å². The molecule has 0 aliphatic rings. The molecular weight excluding hydrogens is 296 g/mol. The van der Waals surface area contributed by atoms with Gasteiger partial charge in [-0.05, 0) is 37.3 Å². The fraction of sp³-hybridized carbons (Fsp3) is 0.214. The molecule has 0 fully saturated rings. The van der Waals surface area contributed by atoms with Crippen LogP contribution in [0.1, 0.15) is 22.2 Å². The van der Waals surface area contributed by atoms with E-state index in [0.29, 0.717) is 34.5 Å². The fourth-order valence-corrected chi connectivity index (χ4v) is 2.72. The van der Waals surface area contributed by atoms with E-state index in [4.69, 9.17) is 22.1 Å². The third kappa shape index (κ3) is 3.65. The van der Waals surface area contributed by atoms with Crippen LogP contribution in [0.3, 0.4) is 0 Å². The summed E-state index contributed by atoms with van der Waals surface area (Å²) in [7, 11) is 0. The minimum absolute atomic E-state index is 0.177. The number of nitrogen functional groups attached to an aromatic ring is 1. The van der Waals surface area contributed by atoms with Crippen molar-refractivity contribution in [1.82, 2.24) is 5.32 Å². The first-order valence-electron chi connectivity index (χ1n) is 6.15. The summed E-state index contributed by atoms with van der Waals surface area (Å²) in [6, 6.07) is 8.71. The van der Waals surface area contributed by atoms with Gasteiger partial charge >= 0.3 is 0 Å². The van der Waals surface area contributed by atoms with Crippen LogP contribution in [0.5, 0.6) is 5.75 Å². The lowest BCUT2D eigenvalue weighted by molar-refractivity contribution is 0.0951. The van der Waals surface area contributed by atoms with Crippen LogP contribution in [-0.2, 0) is 6.54 Å². The minimum Gasteiger partial charge on any atom is -0.492 e. The van der Waals surface area contributed by atoms with E-state index in [1.807, 2.05) is 19.1 Å². The Morgan fingerprint density at radius 2 is 2.20 bits per heavy atom. The highest BCUT2D eigenvalue weighted by Crippen LogP contribution is 2.23. The molecule has 20 heavy (non-hydrogen) atoms. The van der Waals surface area contributed by atoms with Crippen molar-refractivity contribution in [3.8, 4) is 5.75 Å². The number of carbonyl (C=O) groups is 1. The first-order valence-corrected chi connectivity index (χ1v) is 7.34. The molecular formula is C14H15ClN2O2S. The molecule has 0 atom stereocenters. The number of thiophene rings is 1. The van der Waals surface area contributed by atoms with Crippen molar-refractivity contribution in [3.05, 3.63) is 45.1 Å². The van der Waals surface area contributed by atoms with Gasteiger partial charge in [0.1, 0.15) is 5.75 Å². The Morgan fingerprint density at radius 3 is 2.80 bits per heavy atom. The summed E-state index contributed by atoms with van der Waals surface area (Å²) >= 11 is 7.28. The highest BCUT2D eigenvalue weighted by Gasteiger charge is 2.09. The fourth-order valence-electron chi connectivity index (χ4n) is 1.69. The second-order valence-corrected chi connectivity index (χ2v) is 5.87. The molecule has 2 rings (SSSR count). The lowest BCUT2D eigenvalue weighted by Crippen LogP contribution is -2.22. The molecule has 0 bridgehead atoms. The highest BCUT2D eigenvalue weighted by atomic mass is 35.5. The van der Waals surface area contributed by atoms with E-state index in [2.05, 4.69) is 5.32 Å². The van der Waals surface area contributed by atoms with Gasteiger partial charge in [-0.3, -0.25) is 4.79 Å². The van der Waals surface area contributed by atoms with E-state index in [-0.39, 0.29) is 5.91 Å². The Balaban J connectivity index is 2.00. The highest BCUT2D eigenvalue weighted by molar-refractivity contribution is 7.16. The molecule has 2 aromatic rings. The van der Waals surface area contributed by atoms with Crippen molar-refractivity contribution in [2.24, 2.45) is 0 Å². The lowest BCUT2D eigenvalue weighted by Gasteiger charge is -2.09. The first kappa shape index (κ1) is 14.7. The van der Waals surface area contributed by atoms with Crippen LogP contribution >= 0.6 is 22.9 Å². The summed E-state index contributed by atoms with van der Waals surface area (Å²) in [5.41, 5.74) is 6.80. The Morgan fingerprint density at radius 1 is 1.40 bits per heavy atom. The summed E-state index contributed by atoms with van der Waals surface area (Å²) in [6.45, 7) is 2.87. The molecule has 0 spiro atoms. The van der Waals surface area contributed by atoms with Gasteiger partial charge in [-0.25, -0.2) is 0 Å². The second-order valence-electron chi connectivity index (χ2n) is 4.07. The summed E-state index contributed by atoms with van der Waals surface area (Å²) in [4.78, 5) is 13.0. The monoisotopic (exact) mass is 310 g/mol. The molecule has 0 saturated carbocycles. The zero-order valence-corrected chi connectivity index (χ0v) is 12.6. The Labute approximate surface area is 126 Å². The number of nitrogens with one attached hydrogen (secondary N) is 1. The maximum atomic E-state index is 12.0. The Bertz CT molecular complexity index is 613. The number of benzene rings is 1. The van der Waals surface area contributed by atoms with Crippen molar-refractivity contribution in [1.29, 1.82) is 0 Å². The molecule has 6 heteroatoms. The maximum Gasteiger partial charge on any atom is 0.251 e. The maximum absolute atomic E-state index is 12.0. The van der Waals surface area contributed by atoms with Crippen LogP contribution in [0.4, 0.5) is 5.69 Å². The molecule has 1 aromatic heterocycles. The zero-order chi connectivity index (χ0) is 14.5. The largest absolute Gasteiger partial charge is 0.492 e. The van der Waals surface area contributed by atoms with Gasteiger partial charge in [-0.1, -0.05) is 11.6 Å². The predicted molar refractivity (Wildman–Crippen MR) is 82.5 cm³/mol. The van der Waals surface area contributed by atoms with Gasteiger partial charge in [0, 0.05) is 10.4 Å². The Hall–Kier alpha value is -1.72. The van der Waals surface area contributed by atoms with Gasteiger partial charge in [-0.15, -0.1) is 11.3 Å². The van der Waals surface area contributed by atoms with E-state index in [0.717, 1.165) is 4.88 Å². The summed E-state index contributed by atoms with van der Waals surface area (Å²) in [6.07, 6.45) is 0. The van der Waals surface area contributed by atoms with E-state index in [1.54, 1.807) is 18.2 Å². The molecule has 0 aliphatic heterocycles. The van der Waals surface area contributed by atoms with Crippen molar-refractivity contribution in [2.45, 2.75) is 13.5 Å². The normalized spacial score (nSPS) is 10.3. The number of halogens is 1. The second kappa shape index (κ2) is 6.63. The van der Waals surface area contributed by atoms with Crippen LogP contribution in [0.15, 0.2) is 30.3 Å². The number of nitrogens with two attached hydrogens (primary N) is 1. The smallest absolute Gasteiger partial charge is 0.251 e. The molecule has 106 valence electrons. The molecule has 0 aliphatic carbocycles. The van der Waals surface area contributed by atoms with Crippen LogP contribution in [-0.4, -0.2) is 12.5 Å². The molecule has 1 amide bonds. The van der Waals surface area contributed by atoms with Crippen molar-refractivity contribution < 1.29 is 9.53 Å². The number of ether oxygens (including phenoxy) is 1. The number of rotatable bonds is 5. The third-order valence-corrected chi connectivity index (χ3v) is 3.85. The van der Waals surface area contributed by atoms with E-state index in [9.17, 15) is 4.79 Å². The van der Waals surface area contributed by atoms with Crippen LogP contribution < -0.4 is 15.8 Å². The third-order valence-electron chi connectivity index (χ3n) is 2.62. The first-order chi connectivity index (χ1) is 9.60. The van der Waals surface area contributed by atoms with Crippen LogP contribution in [0.2, 0.25) is 4.34 Å². The molecule has 3 N–H and O–H groups in total. The Kier molecular flexibility index (Phi) is 4.87. The average molecular weight is 311 g/mol. The SMILES string of the molecule is CCOc1ccc(C(=O)NCc2ccc(Cl)s2)cc1N. The lowest BCUT2D eigenvalue weighted by atomic mass is 10.1. The van der Waals surface area contributed by atoms with Crippen LogP contribution in [0.25, 0.3) is 0 Å². The van der Waals surface area contributed by atoms with E-state index < -0.39 is 0 Å². The van der Waals surface area contributed by atoms with E-state index in [1.165, 1.54) is 11.3 Å². The van der Waals surface area contributed by atoms with Crippen molar-refractivity contribution >= 4 is 34.5 Å². The zero-order valence-electron chi connectivity index (χ0n) is 11.0. The number of hydrogen-bond donors (Lipinski definition) is 2. The number of hydrogen-bond acceptors (Lipinski definition) is 4. The van der Waals surface area contributed by atoms with Gasteiger partial charge in [0.15, 0.2) is 0 Å². The molecule has 1 aromatic carbocycles. The molecule has 0 saturated heterocycles. The quantitative estimate of drug-likeness (QED) is 0.833. The summed E-state index contributed by atoms with van der Waals surface area (Å²) < 4.78 is 6.04. The van der Waals surface area contributed by atoms with Gasteiger partial charge in [-0.2, -0.15) is 0 Å². The van der Waals surface area contributed by atoms with Gasteiger partial charge in [0.05, 0.1) is 23.2 Å². The van der Waals surface area contributed by atoms with Gasteiger partial charge in [0.25, 0.3) is 5.91 Å². The predicted octanol–water partition coefficient (Wildman–Crippen LogP) is 3.31. The number of amides is 1. The van der Waals surface area contributed by atoms with E-state index >= 15 is 0 Å². The molecule has 0 radical (unpaired) electrons. The standard InChI is InChI=1S/C14H15ClN2O2S/c1-2-19-12-5-3-9(7-11(12)16)14(18)17-8-10-4-6-13(15)20-10/h3-7H,2,8,16H2,1H3,(H,17,18). The molecule has 4 nitrogen and oxygen atoms in total. The van der Waals surface area contributed by atoms with Gasteiger partial charge in [0.2, 0.25) is 0 Å².